The lowest BCUT2D eigenvalue weighted by molar-refractivity contribution is -0.137. The van der Waals surface area contributed by atoms with Crippen LogP contribution in [0.4, 0.5) is 5.69 Å². The Morgan fingerprint density at radius 2 is 1.62 bits per heavy atom. The van der Waals surface area contributed by atoms with Crippen molar-refractivity contribution in [3.8, 4) is 5.69 Å². The zero-order valence-electron chi connectivity index (χ0n) is 23.3. The standard InChI is InChI=1S/C33H38BrN5O/c1-2-6-25-10-14-28(15-11-25)37-19-21-38(22-20-37)33(40)26-7-5-18-36(23-26)24-32-35-30-8-3-4-9-31(30)39(32)29-16-12-27(34)13-17-29/h3-4,8-17,26H,2,5-7,18-24H2,1H3/t26-/m1/s1. The minimum absolute atomic E-state index is 0.0548. The van der Waals surface area contributed by atoms with E-state index in [1.807, 2.05) is 6.07 Å². The first-order valence-electron chi connectivity index (χ1n) is 14.7. The third-order valence-electron chi connectivity index (χ3n) is 8.37. The van der Waals surface area contributed by atoms with Crippen LogP contribution in [0.25, 0.3) is 16.7 Å². The van der Waals surface area contributed by atoms with Crippen molar-refractivity contribution in [1.29, 1.82) is 0 Å². The number of piperazine rings is 1. The van der Waals surface area contributed by atoms with E-state index in [0.717, 1.165) is 92.1 Å². The molecular weight excluding hydrogens is 562 g/mol. The van der Waals surface area contributed by atoms with E-state index in [0.29, 0.717) is 5.91 Å². The van der Waals surface area contributed by atoms with Crippen molar-refractivity contribution in [1.82, 2.24) is 19.4 Å². The van der Waals surface area contributed by atoms with Crippen molar-refractivity contribution in [2.45, 2.75) is 39.2 Å². The van der Waals surface area contributed by atoms with Gasteiger partial charge < -0.3 is 9.80 Å². The maximum atomic E-state index is 13.6. The van der Waals surface area contributed by atoms with E-state index in [2.05, 4.69) is 109 Å². The average molecular weight is 601 g/mol. The van der Waals surface area contributed by atoms with Crippen LogP contribution in [0.15, 0.2) is 77.3 Å². The lowest BCUT2D eigenvalue weighted by Gasteiger charge is -2.39. The van der Waals surface area contributed by atoms with E-state index >= 15 is 0 Å². The fraction of sp³-hybridized carbons (Fsp3) is 0.394. The molecular formula is C33H38BrN5O. The maximum Gasteiger partial charge on any atom is 0.227 e. The molecule has 0 unspecified atom stereocenters. The van der Waals surface area contributed by atoms with Crippen molar-refractivity contribution >= 4 is 38.6 Å². The number of anilines is 1. The van der Waals surface area contributed by atoms with Crippen LogP contribution in [0, 0.1) is 5.92 Å². The van der Waals surface area contributed by atoms with Crippen molar-refractivity contribution < 1.29 is 4.79 Å². The minimum atomic E-state index is 0.0548. The maximum absolute atomic E-state index is 13.6. The number of piperidine rings is 1. The lowest BCUT2D eigenvalue weighted by atomic mass is 9.96. The van der Waals surface area contributed by atoms with Gasteiger partial charge in [0.1, 0.15) is 5.82 Å². The summed E-state index contributed by atoms with van der Waals surface area (Å²) in [5, 5.41) is 0. The first-order valence-corrected chi connectivity index (χ1v) is 15.5. The number of aryl methyl sites for hydroxylation is 1. The van der Waals surface area contributed by atoms with Gasteiger partial charge in [0.15, 0.2) is 0 Å². The number of nitrogens with zero attached hydrogens (tertiary/aromatic N) is 5. The number of benzene rings is 3. The molecule has 0 radical (unpaired) electrons. The zero-order valence-corrected chi connectivity index (χ0v) is 24.9. The molecule has 40 heavy (non-hydrogen) atoms. The van der Waals surface area contributed by atoms with Gasteiger partial charge >= 0.3 is 0 Å². The predicted octanol–water partition coefficient (Wildman–Crippen LogP) is 6.30. The van der Waals surface area contributed by atoms with E-state index in [1.165, 1.54) is 17.7 Å². The zero-order chi connectivity index (χ0) is 27.5. The van der Waals surface area contributed by atoms with Crippen molar-refractivity contribution in [2.24, 2.45) is 5.92 Å². The third kappa shape index (κ3) is 5.81. The summed E-state index contributed by atoms with van der Waals surface area (Å²) in [6.07, 6.45) is 4.31. The Balaban J connectivity index is 1.11. The lowest BCUT2D eigenvalue weighted by Crippen LogP contribution is -2.52. The Bertz CT molecular complexity index is 1440. The van der Waals surface area contributed by atoms with Gasteiger partial charge in [-0.1, -0.05) is 53.5 Å². The summed E-state index contributed by atoms with van der Waals surface area (Å²) in [5.41, 5.74) is 5.89. The van der Waals surface area contributed by atoms with Crippen LogP contribution in [-0.4, -0.2) is 64.5 Å². The molecule has 1 aromatic heterocycles. The molecule has 4 aromatic rings. The second kappa shape index (κ2) is 12.1. The van der Waals surface area contributed by atoms with Gasteiger partial charge in [0.2, 0.25) is 5.91 Å². The van der Waals surface area contributed by atoms with Crippen LogP contribution in [0.3, 0.4) is 0 Å². The first-order chi connectivity index (χ1) is 19.6. The van der Waals surface area contributed by atoms with Gasteiger partial charge in [-0.2, -0.15) is 0 Å². The number of amides is 1. The molecule has 0 spiro atoms. The average Bonchev–Trinajstić information content (AvgIpc) is 3.36. The largest absolute Gasteiger partial charge is 0.368 e. The number of hydrogen-bond donors (Lipinski definition) is 0. The van der Waals surface area contributed by atoms with Crippen LogP contribution < -0.4 is 4.90 Å². The molecule has 0 aliphatic carbocycles. The van der Waals surface area contributed by atoms with Crippen LogP contribution >= 0.6 is 15.9 Å². The Labute approximate surface area is 245 Å². The molecule has 7 heteroatoms. The van der Waals surface area contributed by atoms with Crippen molar-refractivity contribution in [2.75, 3.05) is 44.2 Å². The number of para-hydroxylation sites is 2. The fourth-order valence-corrected chi connectivity index (χ4v) is 6.53. The summed E-state index contributed by atoms with van der Waals surface area (Å²) in [4.78, 5) is 25.6. The van der Waals surface area contributed by atoms with E-state index < -0.39 is 0 Å². The first kappa shape index (κ1) is 27.0. The summed E-state index contributed by atoms with van der Waals surface area (Å²) >= 11 is 3.56. The SMILES string of the molecule is CCCc1ccc(N2CCN(C(=O)[C@@H]3CCCN(Cc4nc5ccccc5n4-c4ccc(Br)cc4)C3)CC2)cc1. The summed E-state index contributed by atoms with van der Waals surface area (Å²) in [6, 6.07) is 25.7. The summed E-state index contributed by atoms with van der Waals surface area (Å²) in [7, 11) is 0. The van der Waals surface area contributed by atoms with Crippen LogP contribution in [0.1, 0.15) is 37.6 Å². The highest BCUT2D eigenvalue weighted by Gasteiger charge is 2.31. The Morgan fingerprint density at radius 3 is 2.38 bits per heavy atom. The highest BCUT2D eigenvalue weighted by Crippen LogP contribution is 2.27. The molecule has 0 bridgehead atoms. The molecule has 2 fully saturated rings. The molecule has 2 aliphatic heterocycles. The second-order valence-corrected chi connectivity index (χ2v) is 12.0. The molecule has 6 nitrogen and oxygen atoms in total. The van der Waals surface area contributed by atoms with Gasteiger partial charge in [0, 0.05) is 48.6 Å². The second-order valence-electron chi connectivity index (χ2n) is 11.1. The van der Waals surface area contributed by atoms with Gasteiger partial charge in [-0.05, 0) is 79.9 Å². The summed E-state index contributed by atoms with van der Waals surface area (Å²) in [5.74, 6) is 1.40. The molecule has 208 valence electrons. The van der Waals surface area contributed by atoms with E-state index in [9.17, 15) is 4.79 Å². The Hall–Kier alpha value is -3.16. The molecule has 6 rings (SSSR count). The fourth-order valence-electron chi connectivity index (χ4n) is 6.27. The van der Waals surface area contributed by atoms with Gasteiger partial charge in [-0.3, -0.25) is 14.3 Å². The number of hydrogen-bond acceptors (Lipinski definition) is 4. The normalized spacial score (nSPS) is 18.4. The number of imidazole rings is 1. The highest BCUT2D eigenvalue weighted by molar-refractivity contribution is 9.10. The molecule has 1 atom stereocenters. The van der Waals surface area contributed by atoms with Gasteiger partial charge in [0.05, 0.1) is 23.5 Å². The predicted molar refractivity (Wildman–Crippen MR) is 166 cm³/mol. The topological polar surface area (TPSA) is 44.6 Å². The summed E-state index contributed by atoms with van der Waals surface area (Å²) < 4.78 is 3.33. The van der Waals surface area contributed by atoms with E-state index in [1.54, 1.807) is 0 Å². The number of carbonyl (C=O) groups excluding carboxylic acids is 1. The van der Waals surface area contributed by atoms with E-state index in [-0.39, 0.29) is 5.92 Å². The molecule has 0 N–H and O–H groups in total. The molecule has 3 aromatic carbocycles. The number of likely N-dealkylation sites (tertiary alicyclic amines) is 1. The van der Waals surface area contributed by atoms with Crippen molar-refractivity contribution in [3.63, 3.8) is 0 Å². The molecule has 1 amide bonds. The number of aromatic nitrogens is 2. The number of halogens is 1. The van der Waals surface area contributed by atoms with Crippen LogP contribution in [0.2, 0.25) is 0 Å². The van der Waals surface area contributed by atoms with Gasteiger partial charge in [0.25, 0.3) is 0 Å². The van der Waals surface area contributed by atoms with Gasteiger partial charge in [-0.15, -0.1) is 0 Å². The van der Waals surface area contributed by atoms with Crippen molar-refractivity contribution in [3.05, 3.63) is 88.7 Å². The molecule has 3 heterocycles. The Kier molecular flexibility index (Phi) is 8.21. The number of fused-ring (bicyclic) bond motifs is 1. The summed E-state index contributed by atoms with van der Waals surface area (Å²) in [6.45, 7) is 8.12. The number of rotatable bonds is 7. The Morgan fingerprint density at radius 1 is 0.900 bits per heavy atom. The molecule has 0 saturated carbocycles. The third-order valence-corrected chi connectivity index (χ3v) is 8.90. The van der Waals surface area contributed by atoms with Crippen LogP contribution in [-0.2, 0) is 17.8 Å². The van der Waals surface area contributed by atoms with Crippen LogP contribution in [0.5, 0.6) is 0 Å². The van der Waals surface area contributed by atoms with E-state index in [4.69, 9.17) is 4.98 Å². The number of carbonyl (C=O) groups is 1. The quantitative estimate of drug-likeness (QED) is 0.250. The minimum Gasteiger partial charge on any atom is -0.368 e. The molecule has 2 saturated heterocycles. The monoisotopic (exact) mass is 599 g/mol. The molecule has 2 aliphatic rings. The highest BCUT2D eigenvalue weighted by atomic mass is 79.9. The van der Waals surface area contributed by atoms with Gasteiger partial charge in [-0.25, -0.2) is 4.98 Å². The smallest absolute Gasteiger partial charge is 0.227 e.